The minimum atomic E-state index is -1.13. The molecule has 3 atom stereocenters. The number of aryl methyl sites for hydroxylation is 2. The minimum Gasteiger partial charge on any atom is -0.481 e. The number of rotatable bonds is 5. The highest BCUT2D eigenvalue weighted by Gasteiger charge is 2.40. The first-order chi connectivity index (χ1) is 13.8. The normalized spacial score (nSPS) is 24.4. The first-order valence-corrected chi connectivity index (χ1v) is 10.4. The molecule has 4 rings (SSSR count). The monoisotopic (exact) mass is 413 g/mol. The summed E-state index contributed by atoms with van der Waals surface area (Å²) in [5.74, 6) is 1.05. The third-order valence-electron chi connectivity index (χ3n) is 5.34. The molecule has 2 aliphatic rings. The molecule has 29 heavy (non-hydrogen) atoms. The molecule has 152 valence electrons. The van der Waals surface area contributed by atoms with Gasteiger partial charge in [-0.15, -0.1) is 0 Å². The van der Waals surface area contributed by atoms with E-state index in [1.165, 1.54) is 0 Å². The van der Waals surface area contributed by atoms with E-state index in [0.29, 0.717) is 18.6 Å². The van der Waals surface area contributed by atoms with E-state index in [1.807, 2.05) is 32.0 Å². The number of fused-ring (bicyclic) bond motifs is 1. The molecule has 2 amide bonds. The number of benzene rings is 2. The molecule has 6 nitrogen and oxygen atoms in total. The maximum Gasteiger partial charge on any atom is 0.286 e. The summed E-state index contributed by atoms with van der Waals surface area (Å²) in [6.07, 6.45) is 0.785. The van der Waals surface area contributed by atoms with E-state index in [4.69, 9.17) is 9.47 Å². The highest BCUT2D eigenvalue weighted by Crippen LogP contribution is 2.36. The van der Waals surface area contributed by atoms with Crippen LogP contribution in [0.2, 0.25) is 0 Å². The third kappa shape index (κ3) is 4.26. The first kappa shape index (κ1) is 19.8. The number of thioether (sulfide) groups is 1. The second kappa shape index (κ2) is 7.72. The number of hydrogen-bond donors (Lipinski definition) is 2. The number of hydrogen-bond acceptors (Lipinski definition) is 6. The van der Waals surface area contributed by atoms with Gasteiger partial charge in [0.15, 0.2) is 5.60 Å². The summed E-state index contributed by atoms with van der Waals surface area (Å²) in [7, 11) is 0. The Balaban J connectivity index is 1.40. The molecule has 2 heterocycles. The molecule has 2 aliphatic heterocycles. The lowest BCUT2D eigenvalue weighted by molar-refractivity contribution is -0.153. The molecular formula is C22H23NO5S. The molecule has 1 fully saturated rings. The zero-order valence-electron chi connectivity index (χ0n) is 16.3. The smallest absolute Gasteiger partial charge is 0.286 e. The van der Waals surface area contributed by atoms with Crippen LogP contribution >= 0.6 is 11.8 Å². The molecule has 0 bridgehead atoms. The van der Waals surface area contributed by atoms with E-state index in [-0.39, 0.29) is 11.1 Å². The van der Waals surface area contributed by atoms with Crippen molar-refractivity contribution in [3.63, 3.8) is 0 Å². The third-order valence-corrected chi connectivity index (χ3v) is 6.32. The summed E-state index contributed by atoms with van der Waals surface area (Å²) in [6, 6.07) is 13.3. The van der Waals surface area contributed by atoms with Gasteiger partial charge in [0.25, 0.3) is 5.24 Å². The van der Waals surface area contributed by atoms with Crippen LogP contribution in [-0.4, -0.2) is 33.4 Å². The molecule has 2 aromatic rings. The molecule has 3 unspecified atom stereocenters. The Morgan fingerprint density at radius 1 is 1.28 bits per heavy atom. The van der Waals surface area contributed by atoms with Crippen molar-refractivity contribution < 1.29 is 24.2 Å². The van der Waals surface area contributed by atoms with Gasteiger partial charge in [0.1, 0.15) is 11.5 Å². The van der Waals surface area contributed by atoms with Crippen LogP contribution in [0.3, 0.4) is 0 Å². The number of aliphatic hydroxyl groups excluding tert-OH is 1. The zero-order chi connectivity index (χ0) is 20.6. The van der Waals surface area contributed by atoms with Gasteiger partial charge in [-0.3, -0.25) is 14.9 Å². The minimum absolute atomic E-state index is 0.256. The maximum atomic E-state index is 11.7. The van der Waals surface area contributed by atoms with Crippen LogP contribution in [0.1, 0.15) is 30.0 Å². The predicted molar refractivity (Wildman–Crippen MR) is 110 cm³/mol. The van der Waals surface area contributed by atoms with Crippen molar-refractivity contribution in [1.82, 2.24) is 5.32 Å². The van der Waals surface area contributed by atoms with Gasteiger partial charge in [-0.05, 0) is 68.0 Å². The van der Waals surface area contributed by atoms with Crippen molar-refractivity contribution in [2.24, 2.45) is 0 Å². The SMILES string of the molecule is Cc1ccc2c(c1)OC(C)(C(O)Oc1ccc(CC3SC(=O)NC3=O)cc1)CC2. The van der Waals surface area contributed by atoms with Crippen molar-refractivity contribution in [2.75, 3.05) is 0 Å². The Bertz CT molecular complexity index is 945. The van der Waals surface area contributed by atoms with Crippen LogP contribution in [0, 0.1) is 6.92 Å². The lowest BCUT2D eigenvalue weighted by Gasteiger charge is -2.38. The van der Waals surface area contributed by atoms with Crippen LogP contribution in [0.15, 0.2) is 42.5 Å². The number of imide groups is 1. The average molecular weight is 413 g/mol. The first-order valence-electron chi connectivity index (χ1n) is 9.56. The van der Waals surface area contributed by atoms with Crippen molar-refractivity contribution in [2.45, 2.75) is 50.3 Å². The van der Waals surface area contributed by atoms with E-state index in [9.17, 15) is 14.7 Å². The van der Waals surface area contributed by atoms with Gasteiger partial charge in [-0.25, -0.2) is 0 Å². The fourth-order valence-electron chi connectivity index (χ4n) is 3.52. The van der Waals surface area contributed by atoms with Crippen LogP contribution in [0.25, 0.3) is 0 Å². The summed E-state index contributed by atoms with van der Waals surface area (Å²) in [6.45, 7) is 3.86. The molecule has 1 saturated heterocycles. The number of amides is 2. The van der Waals surface area contributed by atoms with Crippen LogP contribution < -0.4 is 14.8 Å². The predicted octanol–water partition coefficient (Wildman–Crippen LogP) is 3.37. The van der Waals surface area contributed by atoms with Gasteiger partial charge in [0.05, 0.1) is 5.25 Å². The summed E-state index contributed by atoms with van der Waals surface area (Å²) in [5, 5.41) is 12.3. The molecule has 0 aromatic heterocycles. The number of ether oxygens (including phenoxy) is 2. The molecule has 0 radical (unpaired) electrons. The summed E-state index contributed by atoms with van der Waals surface area (Å²) < 4.78 is 11.9. The molecule has 0 aliphatic carbocycles. The maximum absolute atomic E-state index is 11.7. The Morgan fingerprint density at radius 2 is 2.03 bits per heavy atom. The van der Waals surface area contributed by atoms with E-state index in [2.05, 4.69) is 17.4 Å². The standard InChI is InChI=1S/C22H23NO5S/c1-13-3-6-15-9-10-22(2,28-17(15)11-13)20(25)27-16-7-4-14(5-8-16)12-18-19(24)23-21(26)29-18/h3-8,11,18,20,25H,9-10,12H2,1-2H3,(H,23,24,26). The van der Waals surface area contributed by atoms with Crippen molar-refractivity contribution in [3.8, 4) is 11.5 Å². The molecule has 2 N–H and O–H groups in total. The molecule has 2 aromatic carbocycles. The van der Waals surface area contributed by atoms with Crippen LogP contribution in [0.4, 0.5) is 4.79 Å². The number of nitrogens with one attached hydrogen (secondary N) is 1. The van der Waals surface area contributed by atoms with Crippen molar-refractivity contribution >= 4 is 22.9 Å². The summed E-state index contributed by atoms with van der Waals surface area (Å²) >= 11 is 1.01. The summed E-state index contributed by atoms with van der Waals surface area (Å²) in [4.78, 5) is 23.0. The highest BCUT2D eigenvalue weighted by atomic mass is 32.2. The van der Waals surface area contributed by atoms with Gasteiger partial charge in [0.2, 0.25) is 12.2 Å². The Morgan fingerprint density at radius 3 is 2.72 bits per heavy atom. The Kier molecular flexibility index (Phi) is 5.27. The lowest BCUT2D eigenvalue weighted by atomic mass is 9.91. The van der Waals surface area contributed by atoms with Crippen LogP contribution in [-0.2, 0) is 17.6 Å². The molecule has 0 saturated carbocycles. The molecule has 7 heteroatoms. The van der Waals surface area contributed by atoms with Crippen LogP contribution in [0.5, 0.6) is 11.5 Å². The number of aliphatic hydroxyl groups is 1. The van der Waals surface area contributed by atoms with E-state index < -0.39 is 17.1 Å². The Labute approximate surface area is 173 Å². The molecular weight excluding hydrogens is 390 g/mol. The van der Waals surface area contributed by atoms with Crippen molar-refractivity contribution in [1.29, 1.82) is 0 Å². The fraction of sp³-hybridized carbons (Fsp3) is 0.364. The lowest BCUT2D eigenvalue weighted by Crippen LogP contribution is -2.50. The fourth-order valence-corrected chi connectivity index (χ4v) is 4.38. The van der Waals surface area contributed by atoms with E-state index in [1.54, 1.807) is 12.1 Å². The van der Waals surface area contributed by atoms with Gasteiger partial charge in [-0.2, -0.15) is 0 Å². The van der Waals surface area contributed by atoms with Gasteiger partial charge in [-0.1, -0.05) is 36.0 Å². The van der Waals surface area contributed by atoms with Crippen molar-refractivity contribution in [3.05, 3.63) is 59.2 Å². The van der Waals surface area contributed by atoms with E-state index in [0.717, 1.165) is 40.6 Å². The Hall–Kier alpha value is -2.51. The quantitative estimate of drug-likeness (QED) is 0.731. The number of carbonyl (C=O) groups is 2. The number of carbonyl (C=O) groups excluding carboxylic acids is 2. The second-order valence-electron chi connectivity index (χ2n) is 7.73. The molecule has 0 spiro atoms. The topological polar surface area (TPSA) is 84.9 Å². The summed E-state index contributed by atoms with van der Waals surface area (Å²) in [5.41, 5.74) is 2.31. The zero-order valence-corrected chi connectivity index (χ0v) is 17.1. The second-order valence-corrected chi connectivity index (χ2v) is 8.90. The van der Waals surface area contributed by atoms with Gasteiger partial charge >= 0.3 is 0 Å². The van der Waals surface area contributed by atoms with E-state index >= 15 is 0 Å². The van der Waals surface area contributed by atoms with Gasteiger partial charge in [0, 0.05) is 0 Å². The van der Waals surface area contributed by atoms with Gasteiger partial charge < -0.3 is 14.6 Å². The largest absolute Gasteiger partial charge is 0.481 e. The average Bonchev–Trinajstić information content (AvgIpc) is 2.99. The highest BCUT2D eigenvalue weighted by molar-refractivity contribution is 8.15.